The summed E-state index contributed by atoms with van der Waals surface area (Å²) >= 11 is 6.69. The molecule has 1 unspecified atom stereocenters. The van der Waals surface area contributed by atoms with Crippen LogP contribution < -0.4 is 16.0 Å². The number of pyridine rings is 1. The van der Waals surface area contributed by atoms with Crippen LogP contribution in [0.3, 0.4) is 0 Å². The second-order valence-electron chi connectivity index (χ2n) is 13.0. The lowest BCUT2D eigenvalue weighted by atomic mass is 9.90. The molecule has 1 aliphatic heterocycles. The van der Waals surface area contributed by atoms with Crippen molar-refractivity contribution in [2.45, 2.75) is 38.4 Å². The first-order valence-corrected chi connectivity index (χ1v) is 16.2. The maximum Gasteiger partial charge on any atom is 0.321 e. The molecule has 11 nitrogen and oxygen atoms in total. The lowest BCUT2D eigenvalue weighted by molar-refractivity contribution is 0.125. The second-order valence-corrected chi connectivity index (χ2v) is 13.5. The third-order valence-electron chi connectivity index (χ3n) is 8.50. The molecular weight excluding hydrogens is 626 g/mol. The molecule has 0 spiro atoms. The third kappa shape index (κ3) is 7.05. The molecule has 4 aromatic rings. The van der Waals surface area contributed by atoms with Crippen molar-refractivity contribution in [1.82, 2.24) is 35.0 Å². The molecular formula is C36H38ClN9O2. The fourth-order valence-electron chi connectivity index (χ4n) is 6.27. The van der Waals surface area contributed by atoms with Gasteiger partial charge in [0.1, 0.15) is 0 Å². The Labute approximate surface area is 285 Å². The number of imidazole rings is 1. The minimum atomic E-state index is -0.562. The van der Waals surface area contributed by atoms with Crippen LogP contribution in [0.5, 0.6) is 0 Å². The third-order valence-corrected chi connectivity index (χ3v) is 8.74. The number of aryl methyl sites for hydroxylation is 1. The van der Waals surface area contributed by atoms with Crippen LogP contribution in [-0.2, 0) is 7.05 Å². The number of piperazine rings is 1. The molecule has 2 aromatic heterocycles. The number of nitrogens with one attached hydrogen (secondary N) is 3. The van der Waals surface area contributed by atoms with Crippen molar-refractivity contribution in [2.24, 2.45) is 7.05 Å². The van der Waals surface area contributed by atoms with E-state index in [2.05, 4.69) is 36.8 Å². The Kier molecular flexibility index (Phi) is 9.22. The molecule has 3 N–H and O–H groups in total. The van der Waals surface area contributed by atoms with Crippen LogP contribution in [0.2, 0.25) is 5.02 Å². The summed E-state index contributed by atoms with van der Waals surface area (Å²) in [5.41, 5.74) is 6.12. The molecule has 48 heavy (non-hydrogen) atoms. The van der Waals surface area contributed by atoms with E-state index < -0.39 is 11.6 Å². The van der Waals surface area contributed by atoms with E-state index in [-0.39, 0.29) is 18.1 Å². The Bertz CT molecular complexity index is 1900. The molecule has 0 bridgehead atoms. The number of amides is 4. The van der Waals surface area contributed by atoms with Gasteiger partial charge >= 0.3 is 12.1 Å². The summed E-state index contributed by atoms with van der Waals surface area (Å²) in [6.07, 6.45) is 7.38. The number of benzene rings is 2. The Morgan fingerprint density at radius 2 is 1.81 bits per heavy atom. The Morgan fingerprint density at radius 3 is 2.48 bits per heavy atom. The van der Waals surface area contributed by atoms with E-state index in [1.54, 1.807) is 47.9 Å². The summed E-state index contributed by atoms with van der Waals surface area (Å²) in [5, 5.41) is 9.78. The van der Waals surface area contributed by atoms with Gasteiger partial charge in [-0.3, -0.25) is 9.88 Å². The minimum absolute atomic E-state index is 0.181. The first kappa shape index (κ1) is 32.7. The monoisotopic (exact) mass is 663 g/mol. The number of halogens is 1. The number of hydrogen-bond donors (Lipinski definition) is 3. The van der Waals surface area contributed by atoms with Crippen LogP contribution in [0.4, 0.5) is 21.0 Å². The molecule has 2 atom stereocenters. The van der Waals surface area contributed by atoms with Crippen molar-refractivity contribution in [3.63, 3.8) is 0 Å². The number of fused-ring (bicyclic) bond motifs is 2. The molecule has 3 heterocycles. The minimum Gasteiger partial charge on any atom is -0.336 e. The van der Waals surface area contributed by atoms with Crippen molar-refractivity contribution >= 4 is 46.7 Å². The summed E-state index contributed by atoms with van der Waals surface area (Å²) in [5.74, 6) is 0. The molecule has 6 rings (SSSR count). The van der Waals surface area contributed by atoms with Crippen LogP contribution in [0.15, 0.2) is 73.3 Å². The van der Waals surface area contributed by atoms with E-state index in [9.17, 15) is 9.59 Å². The van der Waals surface area contributed by atoms with Gasteiger partial charge in [-0.1, -0.05) is 35.9 Å². The van der Waals surface area contributed by atoms with E-state index in [0.29, 0.717) is 42.6 Å². The molecule has 0 saturated carbocycles. The zero-order valence-corrected chi connectivity index (χ0v) is 28.1. The van der Waals surface area contributed by atoms with E-state index in [1.165, 1.54) is 0 Å². The maximum absolute atomic E-state index is 13.4. The van der Waals surface area contributed by atoms with E-state index in [4.69, 9.17) is 23.2 Å². The molecule has 12 heteroatoms. The number of carbonyl (C=O) groups is 2. The van der Waals surface area contributed by atoms with Gasteiger partial charge in [-0.05, 0) is 79.4 Å². The zero-order valence-electron chi connectivity index (χ0n) is 27.4. The number of carbonyl (C=O) groups excluding carboxylic acids is 2. The van der Waals surface area contributed by atoms with Crippen molar-refractivity contribution in [3.8, 4) is 0 Å². The Hall–Kier alpha value is -5.18. The first-order valence-electron chi connectivity index (χ1n) is 15.8. The normalized spacial score (nSPS) is 16.8. The molecule has 1 aliphatic carbocycles. The lowest BCUT2D eigenvalue weighted by Crippen LogP contribution is -2.51. The van der Waals surface area contributed by atoms with Crippen LogP contribution in [0, 0.1) is 6.57 Å². The van der Waals surface area contributed by atoms with Crippen molar-refractivity contribution in [1.29, 1.82) is 0 Å². The summed E-state index contributed by atoms with van der Waals surface area (Å²) in [6, 6.07) is 15.4. The number of anilines is 1. The van der Waals surface area contributed by atoms with Gasteiger partial charge in [0.2, 0.25) is 0 Å². The Balaban J connectivity index is 1.34. The molecule has 0 radical (unpaired) electrons. The van der Waals surface area contributed by atoms with Crippen LogP contribution >= 0.6 is 11.6 Å². The van der Waals surface area contributed by atoms with Crippen LogP contribution in [0.25, 0.3) is 16.5 Å². The van der Waals surface area contributed by atoms with Gasteiger partial charge in [0.25, 0.3) is 0 Å². The number of nitrogens with zero attached hydrogens (tertiary/aromatic N) is 6. The molecule has 4 amide bonds. The largest absolute Gasteiger partial charge is 0.336 e. The average Bonchev–Trinajstić information content (AvgIpc) is 3.43. The summed E-state index contributed by atoms with van der Waals surface area (Å²) in [4.78, 5) is 43.4. The molecule has 2 aliphatic rings. The summed E-state index contributed by atoms with van der Waals surface area (Å²) in [7, 11) is 1.91. The highest BCUT2D eigenvalue weighted by molar-refractivity contribution is 6.30. The van der Waals surface area contributed by atoms with Gasteiger partial charge in [0.05, 0.1) is 42.6 Å². The standard InChI is InChI=1S/C36H38ClN9O2/c1-36(2,3)43-34(47)42-32(30-21-39-22-44(30)5)29-19-23-7-6-14-40-31(23)33(27-13-8-24(37)20-28(27)29)45-15-17-46(18-16-45)35(48)41-26-11-9-25(38-4)10-12-26/h6-14,19-22,32-33H,15-18H2,1-3,5H3,(H,41,48)(H2,42,43,47)/t32?,33-/m0/s1. The van der Waals surface area contributed by atoms with Gasteiger partial charge in [-0.15, -0.1) is 0 Å². The van der Waals surface area contributed by atoms with Crippen LogP contribution in [-0.4, -0.2) is 68.1 Å². The molecule has 1 saturated heterocycles. The fourth-order valence-corrected chi connectivity index (χ4v) is 6.44. The highest BCUT2D eigenvalue weighted by Crippen LogP contribution is 2.44. The number of urea groups is 2. The zero-order chi connectivity index (χ0) is 34.0. The topological polar surface area (TPSA) is 112 Å². The van der Waals surface area contributed by atoms with Crippen molar-refractivity contribution in [2.75, 3.05) is 31.5 Å². The second kappa shape index (κ2) is 13.5. The van der Waals surface area contributed by atoms with Gasteiger partial charge < -0.3 is 25.4 Å². The quantitative estimate of drug-likeness (QED) is 0.207. The van der Waals surface area contributed by atoms with Gasteiger partial charge in [-0.2, -0.15) is 0 Å². The number of rotatable bonds is 5. The van der Waals surface area contributed by atoms with Gasteiger partial charge in [-0.25, -0.2) is 19.4 Å². The van der Waals surface area contributed by atoms with Crippen molar-refractivity contribution in [3.05, 3.63) is 118 Å². The van der Waals surface area contributed by atoms with Crippen molar-refractivity contribution < 1.29 is 9.59 Å². The average molecular weight is 664 g/mol. The molecule has 1 fully saturated rings. The Morgan fingerprint density at radius 1 is 1.06 bits per heavy atom. The predicted octanol–water partition coefficient (Wildman–Crippen LogP) is 6.65. The SMILES string of the molecule is [C-]#[N+]c1ccc(NC(=O)N2CCN([C@H]3c4ccc(Cl)cc4C(C(NC(=O)NC(C)(C)C)c4cncn4C)=Cc4cccnc43)CC2)cc1. The highest BCUT2D eigenvalue weighted by atomic mass is 35.5. The fraction of sp³-hybridized carbons (Fsp3) is 0.306. The van der Waals surface area contributed by atoms with Crippen LogP contribution in [0.1, 0.15) is 60.9 Å². The first-order chi connectivity index (χ1) is 23.0. The molecule has 2 aromatic carbocycles. The number of aromatic nitrogens is 3. The van der Waals surface area contributed by atoms with E-state index in [0.717, 1.165) is 33.7 Å². The van der Waals surface area contributed by atoms with E-state index >= 15 is 0 Å². The summed E-state index contributed by atoms with van der Waals surface area (Å²) in [6.45, 7) is 15.2. The van der Waals surface area contributed by atoms with Gasteiger partial charge in [0.15, 0.2) is 5.69 Å². The predicted molar refractivity (Wildman–Crippen MR) is 188 cm³/mol. The number of hydrogen-bond acceptors (Lipinski definition) is 5. The molecule has 246 valence electrons. The maximum atomic E-state index is 13.4. The lowest BCUT2D eigenvalue weighted by Gasteiger charge is -2.40. The van der Waals surface area contributed by atoms with Gasteiger partial charge in [0, 0.05) is 55.7 Å². The highest BCUT2D eigenvalue weighted by Gasteiger charge is 2.36. The smallest absolute Gasteiger partial charge is 0.321 e. The summed E-state index contributed by atoms with van der Waals surface area (Å²) < 4.78 is 1.91. The van der Waals surface area contributed by atoms with E-state index in [1.807, 2.05) is 62.7 Å².